The Morgan fingerprint density at radius 3 is 2.56 bits per heavy atom. The number of benzene rings is 2. The van der Waals surface area contributed by atoms with Gasteiger partial charge in [0.1, 0.15) is 12.4 Å². The largest absolute Gasteiger partial charge is 0.491 e. The summed E-state index contributed by atoms with van der Waals surface area (Å²) in [4.78, 5) is 24.2. The van der Waals surface area contributed by atoms with Gasteiger partial charge in [0.2, 0.25) is 0 Å². The highest BCUT2D eigenvalue weighted by Gasteiger charge is 2.16. The molecule has 142 valence electrons. The monoisotopic (exact) mass is 369 g/mol. The molecule has 1 unspecified atom stereocenters. The molecule has 3 rings (SSSR count). The minimum absolute atomic E-state index is 0.151. The Morgan fingerprint density at radius 2 is 1.89 bits per heavy atom. The van der Waals surface area contributed by atoms with Gasteiger partial charge < -0.3 is 19.5 Å². The van der Waals surface area contributed by atoms with Crippen molar-refractivity contribution in [2.75, 3.05) is 25.6 Å². The van der Waals surface area contributed by atoms with Crippen molar-refractivity contribution in [2.24, 2.45) is 0 Å². The van der Waals surface area contributed by atoms with E-state index in [1.165, 1.54) is 7.11 Å². The first-order chi connectivity index (χ1) is 13.1. The maximum atomic E-state index is 12.5. The maximum Gasteiger partial charge on any atom is 0.337 e. The molecule has 0 saturated carbocycles. The van der Waals surface area contributed by atoms with E-state index in [4.69, 9.17) is 14.2 Å². The molecule has 0 aliphatic carbocycles. The molecule has 2 aromatic rings. The van der Waals surface area contributed by atoms with E-state index in [0.717, 1.165) is 25.0 Å². The van der Waals surface area contributed by atoms with Crippen LogP contribution in [0.4, 0.5) is 5.69 Å². The number of methoxy groups -OCH3 is 1. The summed E-state index contributed by atoms with van der Waals surface area (Å²) in [5.74, 6) is -0.00467. The van der Waals surface area contributed by atoms with Crippen molar-refractivity contribution in [1.82, 2.24) is 0 Å². The van der Waals surface area contributed by atoms with Crippen LogP contribution in [0.15, 0.2) is 42.5 Å². The quantitative estimate of drug-likeness (QED) is 0.788. The van der Waals surface area contributed by atoms with Crippen molar-refractivity contribution in [3.8, 4) is 5.75 Å². The molecule has 0 bridgehead atoms. The summed E-state index contributed by atoms with van der Waals surface area (Å²) in [5, 5.41) is 2.83. The van der Waals surface area contributed by atoms with Gasteiger partial charge in [0.25, 0.3) is 5.91 Å². The Labute approximate surface area is 158 Å². The van der Waals surface area contributed by atoms with E-state index >= 15 is 0 Å². The van der Waals surface area contributed by atoms with Gasteiger partial charge in [-0.1, -0.05) is 6.07 Å². The molecule has 0 spiro atoms. The molecular weight excluding hydrogens is 346 g/mol. The van der Waals surface area contributed by atoms with Crippen LogP contribution in [0.25, 0.3) is 0 Å². The lowest BCUT2D eigenvalue weighted by molar-refractivity contribution is 0.0600. The highest BCUT2D eigenvalue weighted by molar-refractivity contribution is 6.05. The normalized spacial score (nSPS) is 16.0. The molecule has 0 radical (unpaired) electrons. The minimum atomic E-state index is -0.446. The third kappa shape index (κ3) is 4.86. The van der Waals surface area contributed by atoms with Gasteiger partial charge in [0, 0.05) is 17.9 Å². The topological polar surface area (TPSA) is 73.9 Å². The number of hydrogen-bond donors (Lipinski definition) is 1. The number of esters is 1. The van der Waals surface area contributed by atoms with Gasteiger partial charge in [-0.25, -0.2) is 4.79 Å². The molecule has 27 heavy (non-hydrogen) atoms. The van der Waals surface area contributed by atoms with E-state index in [0.29, 0.717) is 29.2 Å². The molecule has 1 atom stereocenters. The third-order valence-corrected chi connectivity index (χ3v) is 4.48. The summed E-state index contributed by atoms with van der Waals surface area (Å²) in [6, 6.07) is 12.0. The van der Waals surface area contributed by atoms with E-state index in [1.807, 2.05) is 6.92 Å². The number of nitrogens with one attached hydrogen (secondary N) is 1. The van der Waals surface area contributed by atoms with Gasteiger partial charge in [-0.3, -0.25) is 4.79 Å². The summed E-state index contributed by atoms with van der Waals surface area (Å²) >= 11 is 0. The fourth-order valence-corrected chi connectivity index (χ4v) is 2.86. The SMILES string of the molecule is COC(=O)c1ccc(C)c(NC(=O)c2ccc(OCC3CCCO3)cc2)c1. The van der Waals surface area contributed by atoms with Gasteiger partial charge in [-0.15, -0.1) is 0 Å². The first-order valence-electron chi connectivity index (χ1n) is 8.91. The van der Waals surface area contributed by atoms with Crippen LogP contribution in [0, 0.1) is 6.92 Å². The molecule has 1 aliphatic rings. The molecule has 6 nitrogen and oxygen atoms in total. The van der Waals surface area contributed by atoms with Crippen LogP contribution in [0.1, 0.15) is 39.1 Å². The second-order valence-corrected chi connectivity index (χ2v) is 6.45. The summed E-state index contributed by atoms with van der Waals surface area (Å²) in [6.45, 7) is 3.17. The van der Waals surface area contributed by atoms with Crippen molar-refractivity contribution in [2.45, 2.75) is 25.9 Å². The zero-order valence-electron chi connectivity index (χ0n) is 15.5. The average Bonchev–Trinajstić information content (AvgIpc) is 3.21. The number of hydrogen-bond acceptors (Lipinski definition) is 5. The highest BCUT2D eigenvalue weighted by atomic mass is 16.5. The molecule has 1 fully saturated rings. The zero-order valence-corrected chi connectivity index (χ0v) is 15.5. The number of ether oxygens (including phenoxy) is 3. The lowest BCUT2D eigenvalue weighted by atomic mass is 10.1. The van der Waals surface area contributed by atoms with Crippen LogP contribution in [-0.4, -0.2) is 38.3 Å². The lowest BCUT2D eigenvalue weighted by Gasteiger charge is -2.12. The predicted octanol–water partition coefficient (Wildman–Crippen LogP) is 3.59. The zero-order chi connectivity index (χ0) is 19.2. The van der Waals surface area contributed by atoms with Crippen LogP contribution >= 0.6 is 0 Å². The standard InChI is InChI=1S/C21H23NO5/c1-14-5-6-16(21(24)25-2)12-19(14)22-20(23)15-7-9-17(10-8-15)27-13-18-4-3-11-26-18/h5-10,12,18H,3-4,11,13H2,1-2H3,(H,22,23). The number of carbonyl (C=O) groups excluding carboxylic acids is 2. The number of aryl methyl sites for hydroxylation is 1. The summed E-state index contributed by atoms with van der Waals surface area (Å²) < 4.78 is 16.0. The third-order valence-electron chi connectivity index (χ3n) is 4.48. The molecule has 6 heteroatoms. The molecule has 1 saturated heterocycles. The molecule has 1 heterocycles. The first-order valence-corrected chi connectivity index (χ1v) is 8.91. The second-order valence-electron chi connectivity index (χ2n) is 6.45. The van der Waals surface area contributed by atoms with Crippen LogP contribution in [-0.2, 0) is 9.47 Å². The van der Waals surface area contributed by atoms with Crippen LogP contribution in [0.3, 0.4) is 0 Å². The Morgan fingerprint density at radius 1 is 1.15 bits per heavy atom. The van der Waals surface area contributed by atoms with Crippen molar-refractivity contribution in [3.63, 3.8) is 0 Å². The fraction of sp³-hybridized carbons (Fsp3) is 0.333. The van der Waals surface area contributed by atoms with Crippen molar-refractivity contribution in [3.05, 3.63) is 59.2 Å². The summed E-state index contributed by atoms with van der Waals surface area (Å²) in [7, 11) is 1.32. The lowest BCUT2D eigenvalue weighted by Crippen LogP contribution is -2.16. The van der Waals surface area contributed by atoms with E-state index in [-0.39, 0.29) is 12.0 Å². The number of amides is 1. The Bertz CT molecular complexity index is 810. The van der Waals surface area contributed by atoms with Crippen LogP contribution < -0.4 is 10.1 Å². The summed E-state index contributed by atoms with van der Waals surface area (Å²) in [6.07, 6.45) is 2.24. The number of anilines is 1. The van der Waals surface area contributed by atoms with Gasteiger partial charge in [-0.2, -0.15) is 0 Å². The molecule has 1 aliphatic heterocycles. The van der Waals surface area contributed by atoms with Gasteiger partial charge in [0.05, 0.1) is 18.8 Å². The Balaban J connectivity index is 1.63. The van der Waals surface area contributed by atoms with E-state index in [9.17, 15) is 9.59 Å². The van der Waals surface area contributed by atoms with Crippen LogP contribution in [0.5, 0.6) is 5.75 Å². The van der Waals surface area contributed by atoms with Gasteiger partial charge in [-0.05, 0) is 61.7 Å². The molecule has 1 amide bonds. The predicted molar refractivity (Wildman–Crippen MR) is 101 cm³/mol. The molecule has 0 aromatic heterocycles. The molecule has 2 aromatic carbocycles. The first kappa shape index (κ1) is 18.9. The van der Waals surface area contributed by atoms with Gasteiger partial charge in [0.15, 0.2) is 0 Å². The average molecular weight is 369 g/mol. The second kappa shape index (κ2) is 8.68. The summed E-state index contributed by atoms with van der Waals surface area (Å²) in [5.41, 5.74) is 2.31. The number of carbonyl (C=O) groups is 2. The molecule has 1 N–H and O–H groups in total. The molecular formula is C21H23NO5. The van der Waals surface area contributed by atoms with Gasteiger partial charge >= 0.3 is 5.97 Å². The van der Waals surface area contributed by atoms with Crippen LogP contribution in [0.2, 0.25) is 0 Å². The highest BCUT2D eigenvalue weighted by Crippen LogP contribution is 2.20. The van der Waals surface area contributed by atoms with Crippen molar-refractivity contribution < 1.29 is 23.8 Å². The minimum Gasteiger partial charge on any atom is -0.491 e. The van der Waals surface area contributed by atoms with E-state index in [1.54, 1.807) is 42.5 Å². The Kier molecular flexibility index (Phi) is 6.08. The smallest absolute Gasteiger partial charge is 0.337 e. The maximum absolute atomic E-state index is 12.5. The van der Waals surface area contributed by atoms with E-state index < -0.39 is 5.97 Å². The Hall–Kier alpha value is -2.86. The van der Waals surface area contributed by atoms with Crippen molar-refractivity contribution >= 4 is 17.6 Å². The van der Waals surface area contributed by atoms with Crippen molar-refractivity contribution in [1.29, 1.82) is 0 Å². The number of rotatable bonds is 6. The van der Waals surface area contributed by atoms with E-state index in [2.05, 4.69) is 5.32 Å². The fourth-order valence-electron chi connectivity index (χ4n) is 2.86.